The summed E-state index contributed by atoms with van der Waals surface area (Å²) in [7, 11) is 0. The number of aromatic nitrogens is 2. The molecule has 7 heteroatoms. The van der Waals surface area contributed by atoms with Gasteiger partial charge in [-0.1, -0.05) is 38.5 Å². The molecule has 2 heterocycles. The summed E-state index contributed by atoms with van der Waals surface area (Å²) in [5, 5.41) is 14.7. The highest BCUT2D eigenvalue weighted by Crippen LogP contribution is 2.34. The van der Waals surface area contributed by atoms with Crippen LogP contribution in [0.15, 0.2) is 71.4 Å². The number of benzene rings is 2. The van der Waals surface area contributed by atoms with E-state index in [0.29, 0.717) is 35.4 Å². The van der Waals surface area contributed by atoms with Gasteiger partial charge in [0.2, 0.25) is 0 Å². The van der Waals surface area contributed by atoms with Crippen LogP contribution in [-0.2, 0) is 9.59 Å². The third-order valence-electron chi connectivity index (χ3n) is 7.09. The van der Waals surface area contributed by atoms with Gasteiger partial charge in [0.1, 0.15) is 23.1 Å². The van der Waals surface area contributed by atoms with Gasteiger partial charge in [-0.15, -0.1) is 0 Å². The minimum absolute atomic E-state index is 0.0112. The molecule has 1 atom stereocenters. The van der Waals surface area contributed by atoms with E-state index in [1.54, 1.807) is 17.7 Å². The Morgan fingerprint density at radius 3 is 2.46 bits per heavy atom. The lowest BCUT2D eigenvalue weighted by Crippen LogP contribution is -2.47. The van der Waals surface area contributed by atoms with Gasteiger partial charge in [-0.05, 0) is 81.2 Å². The molecule has 1 aliphatic heterocycles. The number of unbranched alkanes of at least 4 members (excludes halogenated alkanes) is 1. The zero-order valence-electron chi connectivity index (χ0n) is 23.2. The van der Waals surface area contributed by atoms with Crippen molar-refractivity contribution in [3.8, 4) is 28.8 Å². The molecule has 0 aliphatic carbocycles. The maximum absolute atomic E-state index is 13.6. The van der Waals surface area contributed by atoms with Gasteiger partial charge in [-0.3, -0.25) is 14.5 Å². The van der Waals surface area contributed by atoms with Gasteiger partial charge in [0, 0.05) is 28.9 Å². The van der Waals surface area contributed by atoms with Crippen molar-refractivity contribution < 1.29 is 14.3 Å². The Kier molecular flexibility index (Phi) is 8.46. The van der Waals surface area contributed by atoms with E-state index >= 15 is 0 Å². The number of rotatable bonds is 9. The second kappa shape index (κ2) is 12.0. The number of carbonyl (C=O) groups is 2. The average molecular weight is 523 g/mol. The van der Waals surface area contributed by atoms with Gasteiger partial charge < -0.3 is 4.74 Å². The quantitative estimate of drug-likeness (QED) is 0.184. The van der Waals surface area contributed by atoms with Crippen LogP contribution in [0, 0.1) is 18.3 Å². The number of para-hydroxylation sites is 1. The Hall–Kier alpha value is -4.44. The maximum atomic E-state index is 13.6. The van der Waals surface area contributed by atoms with Crippen molar-refractivity contribution in [3.63, 3.8) is 0 Å². The fourth-order valence-electron chi connectivity index (χ4n) is 4.58. The molecule has 3 aromatic rings. The van der Waals surface area contributed by atoms with Crippen LogP contribution in [0.4, 0.5) is 0 Å². The van der Waals surface area contributed by atoms with Gasteiger partial charge in [0.15, 0.2) is 0 Å². The first kappa shape index (κ1) is 27.6. The summed E-state index contributed by atoms with van der Waals surface area (Å²) in [5.41, 5.74) is 4.84. The fraction of sp³-hybridized carbons (Fsp3) is 0.312. The number of carbonyl (C=O) groups excluding carboxylic acids is 2. The van der Waals surface area contributed by atoms with Crippen LogP contribution in [0.25, 0.3) is 23.0 Å². The second-order valence-corrected chi connectivity index (χ2v) is 9.80. The second-order valence-electron chi connectivity index (χ2n) is 9.80. The zero-order chi connectivity index (χ0) is 28.1. The summed E-state index contributed by atoms with van der Waals surface area (Å²) < 4.78 is 7.67. The standard InChI is InChI=1S/C32H34N4O3/c1-6-8-16-39-26-14-15-27(21(3)17-26)30-24(20-35(34-30)25-12-10-9-11-13-25)18-28-23(5)29(19-33)32(38)36(31(28)37)22(4)7-2/h9-15,17-18,20,22H,6-8,16H2,1-5H3/b28-18+. The third-order valence-corrected chi connectivity index (χ3v) is 7.09. The Balaban J connectivity index is 1.88. The predicted molar refractivity (Wildman–Crippen MR) is 152 cm³/mol. The molecule has 7 nitrogen and oxygen atoms in total. The average Bonchev–Trinajstić information content (AvgIpc) is 3.35. The Labute approximate surface area is 230 Å². The fourth-order valence-corrected chi connectivity index (χ4v) is 4.58. The summed E-state index contributed by atoms with van der Waals surface area (Å²) in [5.74, 6) is -0.142. The van der Waals surface area contributed by atoms with Gasteiger partial charge in [-0.25, -0.2) is 4.68 Å². The molecule has 200 valence electrons. The highest BCUT2D eigenvalue weighted by Gasteiger charge is 2.37. The predicted octanol–water partition coefficient (Wildman–Crippen LogP) is 6.42. The first-order valence-electron chi connectivity index (χ1n) is 13.4. The van der Waals surface area contributed by atoms with Crippen molar-refractivity contribution in [3.05, 3.63) is 82.6 Å². The van der Waals surface area contributed by atoms with Crippen molar-refractivity contribution in [1.29, 1.82) is 5.26 Å². The van der Waals surface area contributed by atoms with Crippen molar-refractivity contribution in [2.24, 2.45) is 0 Å². The number of aryl methyl sites for hydroxylation is 1. The van der Waals surface area contributed by atoms with E-state index in [0.717, 1.165) is 35.4 Å². The van der Waals surface area contributed by atoms with Crippen LogP contribution < -0.4 is 4.74 Å². The monoisotopic (exact) mass is 522 g/mol. The summed E-state index contributed by atoms with van der Waals surface area (Å²) >= 11 is 0. The molecular weight excluding hydrogens is 488 g/mol. The Morgan fingerprint density at radius 1 is 1.08 bits per heavy atom. The number of nitrogens with zero attached hydrogens (tertiary/aromatic N) is 4. The van der Waals surface area contributed by atoms with Gasteiger partial charge >= 0.3 is 0 Å². The molecule has 39 heavy (non-hydrogen) atoms. The smallest absolute Gasteiger partial charge is 0.271 e. The van der Waals surface area contributed by atoms with E-state index in [9.17, 15) is 14.9 Å². The number of nitriles is 1. The molecule has 0 saturated heterocycles. The summed E-state index contributed by atoms with van der Waals surface area (Å²) in [4.78, 5) is 27.8. The molecule has 1 aromatic heterocycles. The number of amides is 2. The molecule has 1 unspecified atom stereocenters. The number of imide groups is 1. The molecule has 2 amide bonds. The van der Waals surface area contributed by atoms with E-state index in [2.05, 4.69) is 6.92 Å². The van der Waals surface area contributed by atoms with E-state index in [1.807, 2.05) is 81.6 Å². The van der Waals surface area contributed by atoms with Crippen molar-refractivity contribution in [1.82, 2.24) is 14.7 Å². The minimum atomic E-state index is -0.541. The Morgan fingerprint density at radius 2 is 1.82 bits per heavy atom. The summed E-state index contributed by atoms with van der Waals surface area (Å²) in [6.45, 7) is 10.2. The molecule has 2 aromatic carbocycles. The SMILES string of the molecule is CCCCOc1ccc(-c2nn(-c3ccccc3)cc2/C=C2/C(=O)N(C(C)CC)C(=O)C(C#N)=C2C)c(C)c1. The van der Waals surface area contributed by atoms with E-state index in [-0.39, 0.29) is 11.6 Å². The first-order valence-corrected chi connectivity index (χ1v) is 13.4. The van der Waals surface area contributed by atoms with Crippen LogP contribution in [0.3, 0.4) is 0 Å². The van der Waals surface area contributed by atoms with E-state index in [4.69, 9.17) is 9.84 Å². The van der Waals surface area contributed by atoms with Crippen LogP contribution in [0.2, 0.25) is 0 Å². The zero-order valence-corrected chi connectivity index (χ0v) is 23.2. The highest BCUT2D eigenvalue weighted by molar-refractivity contribution is 6.20. The molecule has 1 aliphatic rings. The largest absolute Gasteiger partial charge is 0.494 e. The van der Waals surface area contributed by atoms with Crippen LogP contribution in [0.1, 0.15) is 58.1 Å². The summed E-state index contributed by atoms with van der Waals surface area (Å²) in [6, 6.07) is 17.3. The number of ether oxygens (including phenoxy) is 1. The minimum Gasteiger partial charge on any atom is -0.494 e. The molecule has 4 rings (SSSR count). The molecular formula is C32H34N4O3. The third kappa shape index (κ3) is 5.56. The molecule has 0 N–H and O–H groups in total. The van der Waals surface area contributed by atoms with Crippen molar-refractivity contribution in [2.45, 2.75) is 59.9 Å². The maximum Gasteiger partial charge on any atom is 0.271 e. The molecule has 0 bridgehead atoms. The lowest BCUT2D eigenvalue weighted by molar-refractivity contribution is -0.142. The van der Waals surface area contributed by atoms with Crippen LogP contribution >= 0.6 is 0 Å². The van der Waals surface area contributed by atoms with Crippen molar-refractivity contribution >= 4 is 17.9 Å². The molecule has 0 saturated carbocycles. The lowest BCUT2D eigenvalue weighted by Gasteiger charge is -2.31. The summed E-state index contributed by atoms with van der Waals surface area (Å²) in [6.07, 6.45) is 6.27. The van der Waals surface area contributed by atoms with Crippen LogP contribution in [-0.4, -0.2) is 39.1 Å². The normalized spacial score (nSPS) is 15.6. The van der Waals surface area contributed by atoms with Gasteiger partial charge in [0.25, 0.3) is 11.8 Å². The van der Waals surface area contributed by atoms with Gasteiger partial charge in [0.05, 0.1) is 12.3 Å². The Bertz CT molecular complexity index is 1490. The van der Waals surface area contributed by atoms with Gasteiger partial charge in [-0.2, -0.15) is 10.4 Å². The van der Waals surface area contributed by atoms with E-state index < -0.39 is 11.8 Å². The topological polar surface area (TPSA) is 88.2 Å². The number of hydrogen-bond acceptors (Lipinski definition) is 5. The first-order chi connectivity index (χ1) is 18.8. The number of hydrogen-bond donors (Lipinski definition) is 0. The molecule has 0 radical (unpaired) electrons. The highest BCUT2D eigenvalue weighted by atomic mass is 16.5. The molecule has 0 fully saturated rings. The van der Waals surface area contributed by atoms with E-state index in [1.165, 1.54) is 4.90 Å². The lowest BCUT2D eigenvalue weighted by atomic mass is 9.92. The molecule has 0 spiro atoms. The van der Waals surface area contributed by atoms with Crippen LogP contribution in [0.5, 0.6) is 5.75 Å². The van der Waals surface area contributed by atoms with Crippen molar-refractivity contribution in [2.75, 3.05) is 6.61 Å².